The summed E-state index contributed by atoms with van der Waals surface area (Å²) in [5.41, 5.74) is 1.19. The summed E-state index contributed by atoms with van der Waals surface area (Å²) in [5.74, 6) is 1.38. The van der Waals surface area contributed by atoms with Gasteiger partial charge in [0.25, 0.3) is 0 Å². The van der Waals surface area contributed by atoms with E-state index in [1.54, 1.807) is 7.11 Å². The van der Waals surface area contributed by atoms with Crippen LogP contribution in [0, 0.1) is 0 Å². The highest BCUT2D eigenvalue weighted by Crippen LogP contribution is 2.28. The summed E-state index contributed by atoms with van der Waals surface area (Å²) in [5, 5.41) is 23.7. The predicted octanol–water partition coefficient (Wildman–Crippen LogP) is 3.09. The third kappa shape index (κ3) is 7.73. The maximum atomic E-state index is 10.3. The van der Waals surface area contributed by atoms with Crippen molar-refractivity contribution in [3.63, 3.8) is 0 Å². The first-order valence-corrected chi connectivity index (χ1v) is 11.8. The first-order valence-electron chi connectivity index (χ1n) is 11.8. The average Bonchev–Trinajstić information content (AvgIpc) is 2.73. The highest BCUT2D eigenvalue weighted by atomic mass is 16.5. The SMILES string of the molecule is COc1cc(CNC2CCCCCCC2)ccc1OC[C@@H](O)CN1CCC(O)CC1. The number of benzene rings is 1. The Kier molecular flexibility index (Phi) is 9.72. The van der Waals surface area contributed by atoms with Crippen molar-refractivity contribution in [1.29, 1.82) is 0 Å². The Morgan fingerprint density at radius 1 is 1.03 bits per heavy atom. The monoisotopic (exact) mass is 420 g/mol. The van der Waals surface area contributed by atoms with Gasteiger partial charge in [-0.15, -0.1) is 0 Å². The van der Waals surface area contributed by atoms with Crippen molar-refractivity contribution < 1.29 is 19.7 Å². The summed E-state index contributed by atoms with van der Waals surface area (Å²) in [6.45, 7) is 3.28. The number of nitrogens with zero attached hydrogens (tertiary/aromatic N) is 1. The molecule has 1 saturated carbocycles. The van der Waals surface area contributed by atoms with Gasteiger partial charge in [-0.25, -0.2) is 0 Å². The fraction of sp³-hybridized carbons (Fsp3) is 0.750. The lowest BCUT2D eigenvalue weighted by Gasteiger charge is -2.30. The van der Waals surface area contributed by atoms with Gasteiger partial charge in [-0.2, -0.15) is 0 Å². The van der Waals surface area contributed by atoms with Gasteiger partial charge in [-0.1, -0.05) is 38.2 Å². The molecule has 0 unspecified atom stereocenters. The van der Waals surface area contributed by atoms with Crippen LogP contribution in [0.4, 0.5) is 0 Å². The highest BCUT2D eigenvalue weighted by Gasteiger charge is 2.20. The van der Waals surface area contributed by atoms with Gasteiger partial charge in [-0.05, 0) is 43.4 Å². The molecule has 2 aliphatic rings. The van der Waals surface area contributed by atoms with Crippen LogP contribution in [0.2, 0.25) is 0 Å². The molecule has 1 atom stereocenters. The minimum Gasteiger partial charge on any atom is -0.493 e. The standard InChI is InChI=1S/C24H40N2O4/c1-29-24-15-19(16-25-20-7-5-3-2-4-6-8-20)9-10-23(24)30-18-22(28)17-26-13-11-21(27)12-14-26/h9-10,15,20-22,25,27-28H,2-8,11-14,16-18H2,1H3/t22-/m0/s1. The van der Waals surface area contributed by atoms with Crippen LogP contribution in [-0.2, 0) is 6.54 Å². The molecule has 1 aliphatic heterocycles. The van der Waals surface area contributed by atoms with E-state index >= 15 is 0 Å². The van der Waals surface area contributed by atoms with Crippen LogP contribution in [-0.4, -0.2) is 66.7 Å². The van der Waals surface area contributed by atoms with Gasteiger partial charge in [-0.3, -0.25) is 0 Å². The zero-order valence-corrected chi connectivity index (χ0v) is 18.5. The van der Waals surface area contributed by atoms with E-state index < -0.39 is 6.10 Å². The van der Waals surface area contributed by atoms with Crippen LogP contribution in [0.15, 0.2) is 18.2 Å². The van der Waals surface area contributed by atoms with Crippen molar-refractivity contribution in [2.45, 2.75) is 82.6 Å². The van der Waals surface area contributed by atoms with E-state index in [2.05, 4.69) is 16.3 Å². The van der Waals surface area contributed by atoms with E-state index in [-0.39, 0.29) is 12.7 Å². The van der Waals surface area contributed by atoms with E-state index in [4.69, 9.17) is 9.47 Å². The molecular formula is C24H40N2O4. The summed E-state index contributed by atoms with van der Waals surface area (Å²) in [7, 11) is 1.66. The van der Waals surface area contributed by atoms with Crippen molar-refractivity contribution in [1.82, 2.24) is 10.2 Å². The molecule has 0 radical (unpaired) electrons. The maximum Gasteiger partial charge on any atom is 0.161 e. The minimum absolute atomic E-state index is 0.195. The van der Waals surface area contributed by atoms with Gasteiger partial charge in [0.1, 0.15) is 12.7 Å². The van der Waals surface area contributed by atoms with Crippen LogP contribution < -0.4 is 14.8 Å². The number of nitrogens with one attached hydrogen (secondary N) is 1. The van der Waals surface area contributed by atoms with Crippen LogP contribution in [0.5, 0.6) is 11.5 Å². The molecule has 0 aromatic heterocycles. The molecule has 1 aromatic rings. The highest BCUT2D eigenvalue weighted by molar-refractivity contribution is 5.43. The van der Waals surface area contributed by atoms with Crippen molar-refractivity contribution in [3.8, 4) is 11.5 Å². The molecule has 6 heteroatoms. The van der Waals surface area contributed by atoms with Crippen molar-refractivity contribution in [2.75, 3.05) is 33.4 Å². The summed E-state index contributed by atoms with van der Waals surface area (Å²) >= 11 is 0. The zero-order chi connectivity index (χ0) is 21.2. The lowest BCUT2D eigenvalue weighted by Crippen LogP contribution is -2.41. The topological polar surface area (TPSA) is 74.2 Å². The molecule has 3 N–H and O–H groups in total. The molecular weight excluding hydrogens is 380 g/mol. The smallest absolute Gasteiger partial charge is 0.161 e. The fourth-order valence-electron chi connectivity index (χ4n) is 4.50. The predicted molar refractivity (Wildman–Crippen MR) is 119 cm³/mol. The fourth-order valence-corrected chi connectivity index (χ4v) is 4.50. The Hall–Kier alpha value is -1.34. The molecule has 0 bridgehead atoms. The van der Waals surface area contributed by atoms with Crippen LogP contribution in [0.3, 0.4) is 0 Å². The molecule has 30 heavy (non-hydrogen) atoms. The summed E-state index contributed by atoms with van der Waals surface area (Å²) in [6.07, 6.45) is 10.1. The second kappa shape index (κ2) is 12.5. The lowest BCUT2D eigenvalue weighted by molar-refractivity contribution is 0.0333. The summed E-state index contributed by atoms with van der Waals surface area (Å²) < 4.78 is 11.4. The van der Waals surface area contributed by atoms with Crippen molar-refractivity contribution in [3.05, 3.63) is 23.8 Å². The van der Waals surface area contributed by atoms with Gasteiger partial charge < -0.3 is 29.9 Å². The number of aliphatic hydroxyl groups is 2. The van der Waals surface area contributed by atoms with E-state index in [9.17, 15) is 10.2 Å². The summed E-state index contributed by atoms with van der Waals surface area (Å²) in [4.78, 5) is 2.18. The molecule has 3 rings (SSSR count). The van der Waals surface area contributed by atoms with E-state index in [1.165, 1.54) is 50.5 Å². The number of methoxy groups -OCH3 is 1. The van der Waals surface area contributed by atoms with Gasteiger partial charge in [0, 0.05) is 32.2 Å². The second-order valence-electron chi connectivity index (χ2n) is 8.90. The van der Waals surface area contributed by atoms with E-state index in [0.29, 0.717) is 24.1 Å². The van der Waals surface area contributed by atoms with E-state index in [1.807, 2.05) is 12.1 Å². The molecule has 1 saturated heterocycles. The third-order valence-corrected chi connectivity index (χ3v) is 6.39. The molecule has 6 nitrogen and oxygen atoms in total. The Bertz CT molecular complexity index is 611. The van der Waals surface area contributed by atoms with Crippen molar-refractivity contribution in [2.24, 2.45) is 0 Å². The Labute approximate surface area is 181 Å². The summed E-state index contributed by atoms with van der Waals surface area (Å²) in [6, 6.07) is 6.66. The van der Waals surface area contributed by atoms with Crippen molar-refractivity contribution >= 4 is 0 Å². The number of rotatable bonds is 9. The normalized spacial score (nSPS) is 21.0. The second-order valence-corrected chi connectivity index (χ2v) is 8.90. The maximum absolute atomic E-state index is 10.3. The molecule has 170 valence electrons. The Morgan fingerprint density at radius 2 is 1.73 bits per heavy atom. The molecule has 1 aliphatic carbocycles. The number of β-amino-alcohol motifs (C(OH)–C–C–N with tert-alkyl or cyclic N) is 1. The molecule has 2 fully saturated rings. The van der Waals surface area contributed by atoms with Gasteiger partial charge in [0.05, 0.1) is 13.2 Å². The number of hydrogen-bond acceptors (Lipinski definition) is 6. The number of likely N-dealkylation sites (tertiary alicyclic amines) is 1. The molecule has 1 aromatic carbocycles. The zero-order valence-electron chi connectivity index (χ0n) is 18.5. The first kappa shape index (κ1) is 23.3. The Morgan fingerprint density at radius 3 is 2.43 bits per heavy atom. The van der Waals surface area contributed by atoms with E-state index in [0.717, 1.165) is 32.5 Å². The van der Waals surface area contributed by atoms with Crippen LogP contribution >= 0.6 is 0 Å². The number of ether oxygens (including phenoxy) is 2. The van der Waals surface area contributed by atoms with Crippen LogP contribution in [0.25, 0.3) is 0 Å². The van der Waals surface area contributed by atoms with Gasteiger partial charge >= 0.3 is 0 Å². The lowest BCUT2D eigenvalue weighted by atomic mass is 9.96. The number of aliphatic hydroxyl groups excluding tert-OH is 2. The molecule has 1 heterocycles. The van der Waals surface area contributed by atoms with Crippen LogP contribution in [0.1, 0.15) is 63.4 Å². The van der Waals surface area contributed by atoms with Gasteiger partial charge in [0.15, 0.2) is 11.5 Å². The third-order valence-electron chi connectivity index (χ3n) is 6.39. The quantitative estimate of drug-likeness (QED) is 0.570. The van der Waals surface area contributed by atoms with Gasteiger partial charge in [0.2, 0.25) is 0 Å². The number of hydrogen-bond donors (Lipinski definition) is 3. The molecule has 0 spiro atoms. The average molecular weight is 421 g/mol. The molecule has 0 amide bonds. The number of piperidine rings is 1. The Balaban J connectivity index is 1.45. The first-order chi connectivity index (χ1) is 14.6. The largest absolute Gasteiger partial charge is 0.493 e. The minimum atomic E-state index is -0.564.